The molecule has 1 saturated heterocycles. The minimum Gasteiger partial charge on any atom is -0.391 e. The van der Waals surface area contributed by atoms with E-state index in [-0.39, 0.29) is 6.10 Å². The molecule has 140 valence electrons. The van der Waals surface area contributed by atoms with Crippen LogP contribution in [0.3, 0.4) is 0 Å². The van der Waals surface area contributed by atoms with Gasteiger partial charge in [0.15, 0.2) is 5.82 Å². The SMILES string of the molecule is CC1CCN(c2nc(-c3cccnc3)nc3sc4c(c23)CCCC4)CC1O. The number of hydrogen-bond acceptors (Lipinski definition) is 6. The zero-order valence-electron chi connectivity index (χ0n) is 15.6. The summed E-state index contributed by atoms with van der Waals surface area (Å²) >= 11 is 1.83. The fraction of sp³-hybridized carbons (Fsp3) is 0.476. The van der Waals surface area contributed by atoms with Crippen LogP contribution in [-0.4, -0.2) is 39.3 Å². The third kappa shape index (κ3) is 3.01. The lowest BCUT2D eigenvalue weighted by atomic mass is 9.94. The number of pyridine rings is 1. The van der Waals surface area contributed by atoms with E-state index in [2.05, 4.69) is 16.8 Å². The second-order valence-corrected chi connectivity index (χ2v) is 8.87. The molecule has 27 heavy (non-hydrogen) atoms. The summed E-state index contributed by atoms with van der Waals surface area (Å²) in [5.74, 6) is 2.08. The summed E-state index contributed by atoms with van der Waals surface area (Å²) in [6.45, 7) is 3.71. The van der Waals surface area contributed by atoms with E-state index >= 15 is 0 Å². The van der Waals surface area contributed by atoms with Crippen LogP contribution in [0.25, 0.3) is 21.6 Å². The molecule has 1 N–H and O–H groups in total. The van der Waals surface area contributed by atoms with E-state index in [1.165, 1.54) is 28.7 Å². The fourth-order valence-corrected chi connectivity index (χ4v) is 5.49. The van der Waals surface area contributed by atoms with Gasteiger partial charge in [-0.1, -0.05) is 6.92 Å². The maximum absolute atomic E-state index is 10.5. The molecular weight excluding hydrogens is 356 g/mol. The second-order valence-electron chi connectivity index (χ2n) is 7.78. The number of thiophene rings is 1. The van der Waals surface area contributed by atoms with Gasteiger partial charge in [-0.2, -0.15) is 0 Å². The zero-order chi connectivity index (χ0) is 18.4. The summed E-state index contributed by atoms with van der Waals surface area (Å²) in [6, 6.07) is 3.94. The van der Waals surface area contributed by atoms with Crippen LogP contribution in [0.4, 0.5) is 5.82 Å². The van der Waals surface area contributed by atoms with Crippen LogP contribution in [0.2, 0.25) is 0 Å². The number of anilines is 1. The standard InChI is InChI=1S/C21H24N4OS/c1-13-8-10-25(12-16(13)26)20-18-15-6-2-3-7-17(15)27-21(18)24-19(23-20)14-5-4-9-22-11-14/h4-5,9,11,13,16,26H,2-3,6-8,10,12H2,1H3. The third-order valence-corrected chi connectivity index (χ3v) is 7.12. The Balaban J connectivity index is 1.69. The van der Waals surface area contributed by atoms with Gasteiger partial charge in [0.2, 0.25) is 0 Å². The predicted octanol–water partition coefficient (Wildman–Crippen LogP) is 3.84. The lowest BCUT2D eigenvalue weighted by Crippen LogP contribution is -2.43. The number of aliphatic hydroxyl groups excluding tert-OH is 1. The van der Waals surface area contributed by atoms with Crippen LogP contribution in [-0.2, 0) is 12.8 Å². The fourth-order valence-electron chi connectivity index (χ4n) is 4.23. The minimum absolute atomic E-state index is 0.305. The number of rotatable bonds is 2. The van der Waals surface area contributed by atoms with E-state index in [1.54, 1.807) is 6.20 Å². The van der Waals surface area contributed by atoms with Crippen molar-refractivity contribution in [1.29, 1.82) is 0 Å². The van der Waals surface area contributed by atoms with Crippen molar-refractivity contribution in [2.45, 2.75) is 45.1 Å². The predicted molar refractivity (Wildman–Crippen MR) is 109 cm³/mol. The Morgan fingerprint density at radius 3 is 2.93 bits per heavy atom. The van der Waals surface area contributed by atoms with Crippen molar-refractivity contribution in [3.8, 4) is 11.4 Å². The van der Waals surface area contributed by atoms with Crippen molar-refractivity contribution in [2.75, 3.05) is 18.0 Å². The summed E-state index contributed by atoms with van der Waals surface area (Å²) < 4.78 is 0. The summed E-state index contributed by atoms with van der Waals surface area (Å²) in [5.41, 5.74) is 2.39. The number of hydrogen-bond donors (Lipinski definition) is 1. The molecule has 6 heteroatoms. The topological polar surface area (TPSA) is 62.1 Å². The molecule has 0 saturated carbocycles. The quantitative estimate of drug-likeness (QED) is 0.732. The van der Waals surface area contributed by atoms with E-state index in [9.17, 15) is 5.11 Å². The van der Waals surface area contributed by atoms with Gasteiger partial charge in [0.25, 0.3) is 0 Å². The van der Waals surface area contributed by atoms with Gasteiger partial charge < -0.3 is 10.0 Å². The van der Waals surface area contributed by atoms with Crippen molar-refractivity contribution < 1.29 is 5.11 Å². The number of fused-ring (bicyclic) bond motifs is 3. The largest absolute Gasteiger partial charge is 0.391 e. The zero-order valence-corrected chi connectivity index (χ0v) is 16.4. The molecule has 5 nitrogen and oxygen atoms in total. The maximum Gasteiger partial charge on any atom is 0.164 e. The molecule has 2 atom stereocenters. The summed E-state index contributed by atoms with van der Waals surface area (Å²) in [6.07, 6.45) is 9.05. The molecule has 0 aromatic carbocycles. The lowest BCUT2D eigenvalue weighted by Gasteiger charge is -2.35. The summed E-state index contributed by atoms with van der Waals surface area (Å²) in [7, 11) is 0. The molecule has 0 radical (unpaired) electrons. The van der Waals surface area contributed by atoms with Crippen LogP contribution in [0.1, 0.15) is 36.6 Å². The van der Waals surface area contributed by atoms with Gasteiger partial charge >= 0.3 is 0 Å². The minimum atomic E-state index is -0.305. The second kappa shape index (κ2) is 6.84. The first kappa shape index (κ1) is 17.1. The van der Waals surface area contributed by atoms with E-state index in [0.717, 1.165) is 47.8 Å². The third-order valence-electron chi connectivity index (χ3n) is 5.93. The monoisotopic (exact) mass is 380 g/mol. The highest BCUT2D eigenvalue weighted by molar-refractivity contribution is 7.19. The lowest BCUT2D eigenvalue weighted by molar-refractivity contribution is 0.103. The van der Waals surface area contributed by atoms with Crippen LogP contribution in [0.15, 0.2) is 24.5 Å². The molecule has 2 unspecified atom stereocenters. The molecule has 2 aliphatic rings. The highest BCUT2D eigenvalue weighted by atomic mass is 32.1. The molecule has 1 aliphatic heterocycles. The van der Waals surface area contributed by atoms with Crippen LogP contribution in [0, 0.1) is 5.92 Å². The molecule has 0 bridgehead atoms. The number of aryl methyl sites for hydroxylation is 2. The molecule has 3 aromatic rings. The number of piperidine rings is 1. The molecule has 1 aliphatic carbocycles. The Hall–Kier alpha value is -2.05. The first-order valence-corrected chi connectivity index (χ1v) is 10.7. The average Bonchev–Trinajstić information content (AvgIpc) is 3.08. The first-order valence-electron chi connectivity index (χ1n) is 9.86. The highest BCUT2D eigenvalue weighted by Crippen LogP contribution is 2.41. The van der Waals surface area contributed by atoms with Gasteiger partial charge in [-0.15, -0.1) is 11.3 Å². The molecule has 1 fully saturated rings. The Labute approximate surface area is 163 Å². The van der Waals surface area contributed by atoms with Gasteiger partial charge in [-0.3, -0.25) is 4.98 Å². The summed E-state index contributed by atoms with van der Waals surface area (Å²) in [4.78, 5) is 19.0. The molecule has 4 heterocycles. The van der Waals surface area contributed by atoms with E-state index in [0.29, 0.717) is 12.5 Å². The molecule has 0 spiro atoms. The first-order chi connectivity index (χ1) is 13.2. The highest BCUT2D eigenvalue weighted by Gasteiger charge is 2.29. The molecule has 5 rings (SSSR count). The molecular formula is C21H24N4OS. The summed E-state index contributed by atoms with van der Waals surface area (Å²) in [5, 5.41) is 11.7. The normalized spacial score (nSPS) is 22.8. The van der Waals surface area contributed by atoms with Gasteiger partial charge in [0, 0.05) is 35.9 Å². The van der Waals surface area contributed by atoms with Crippen molar-refractivity contribution in [3.05, 3.63) is 35.0 Å². The van der Waals surface area contributed by atoms with E-state index < -0.39 is 0 Å². The number of nitrogens with zero attached hydrogens (tertiary/aromatic N) is 4. The maximum atomic E-state index is 10.5. The van der Waals surface area contributed by atoms with Gasteiger partial charge in [-0.25, -0.2) is 9.97 Å². The van der Waals surface area contributed by atoms with Crippen LogP contribution >= 0.6 is 11.3 Å². The number of aromatic nitrogens is 3. The van der Waals surface area contributed by atoms with Gasteiger partial charge in [0.05, 0.1) is 11.5 Å². The van der Waals surface area contributed by atoms with Gasteiger partial charge in [-0.05, 0) is 55.7 Å². The van der Waals surface area contributed by atoms with Crippen LogP contribution < -0.4 is 4.90 Å². The Kier molecular flexibility index (Phi) is 4.32. The van der Waals surface area contributed by atoms with Crippen molar-refractivity contribution in [3.63, 3.8) is 0 Å². The Morgan fingerprint density at radius 1 is 1.22 bits per heavy atom. The van der Waals surface area contributed by atoms with Crippen LogP contribution in [0.5, 0.6) is 0 Å². The van der Waals surface area contributed by atoms with Crippen molar-refractivity contribution in [1.82, 2.24) is 15.0 Å². The van der Waals surface area contributed by atoms with E-state index in [4.69, 9.17) is 9.97 Å². The Bertz CT molecular complexity index is 971. The Morgan fingerprint density at radius 2 is 2.11 bits per heavy atom. The number of aliphatic hydroxyl groups is 1. The van der Waals surface area contributed by atoms with E-state index in [1.807, 2.05) is 29.7 Å². The number of β-amino-alcohol motifs (C(OH)–C–C–N with tert-alkyl or cyclic N) is 1. The molecule has 3 aromatic heterocycles. The molecule has 0 amide bonds. The van der Waals surface area contributed by atoms with Crippen molar-refractivity contribution in [2.24, 2.45) is 5.92 Å². The van der Waals surface area contributed by atoms with Crippen molar-refractivity contribution >= 4 is 27.4 Å². The average molecular weight is 381 g/mol. The van der Waals surface area contributed by atoms with Gasteiger partial charge in [0.1, 0.15) is 10.6 Å². The smallest absolute Gasteiger partial charge is 0.164 e.